The molecule has 0 N–H and O–H groups in total. The van der Waals surface area contributed by atoms with Gasteiger partial charge in [-0.25, -0.2) is 4.79 Å². The number of aromatic nitrogens is 3. The Labute approximate surface area is 179 Å². The minimum Gasteiger partial charge on any atom is -0.289 e. The Morgan fingerprint density at radius 1 is 0.800 bits per heavy atom. The number of nitrogens with zero attached hydrogens (tertiary/aromatic N) is 3. The van der Waals surface area contributed by atoms with Crippen LogP contribution in [0.3, 0.4) is 0 Å². The van der Waals surface area contributed by atoms with Gasteiger partial charge >= 0.3 is 5.69 Å². The molecule has 152 valence electrons. The molecule has 30 heavy (non-hydrogen) atoms. The van der Waals surface area contributed by atoms with Crippen molar-refractivity contribution < 1.29 is 0 Å². The van der Waals surface area contributed by atoms with Gasteiger partial charge in [0.2, 0.25) is 0 Å². The molecule has 0 aliphatic heterocycles. The molecule has 0 unspecified atom stereocenters. The van der Waals surface area contributed by atoms with Crippen LogP contribution in [0.15, 0.2) is 93.6 Å². The van der Waals surface area contributed by atoms with E-state index in [4.69, 9.17) is 0 Å². The van der Waals surface area contributed by atoms with Gasteiger partial charge in [-0.2, -0.15) is 0 Å². The van der Waals surface area contributed by atoms with Crippen molar-refractivity contribution in [3.63, 3.8) is 0 Å². The zero-order chi connectivity index (χ0) is 20.8. The van der Waals surface area contributed by atoms with Crippen LogP contribution < -0.4 is 11.2 Å². The number of hydrogen-bond acceptors (Lipinski definition) is 4. The van der Waals surface area contributed by atoms with Gasteiger partial charge in [0.1, 0.15) is 0 Å². The molecule has 0 aliphatic carbocycles. The first kappa shape index (κ1) is 20.2. The van der Waals surface area contributed by atoms with Gasteiger partial charge in [-0.05, 0) is 48.4 Å². The minimum atomic E-state index is -0.246. The normalized spacial score (nSPS) is 11.1. The maximum Gasteiger partial charge on any atom is 0.331 e. The first-order chi connectivity index (χ1) is 14.7. The number of fused-ring (bicyclic) bond motifs is 1. The van der Waals surface area contributed by atoms with E-state index in [1.807, 2.05) is 60.7 Å². The summed E-state index contributed by atoms with van der Waals surface area (Å²) in [5, 5.41) is 0.583. The van der Waals surface area contributed by atoms with Crippen molar-refractivity contribution >= 4 is 22.7 Å². The second-order valence-electron chi connectivity index (χ2n) is 7.07. The summed E-state index contributed by atoms with van der Waals surface area (Å²) >= 11 is 1.76. The molecule has 0 amide bonds. The largest absolute Gasteiger partial charge is 0.331 e. The Morgan fingerprint density at radius 2 is 1.53 bits per heavy atom. The highest BCUT2D eigenvalue weighted by Gasteiger charge is 2.13. The maximum absolute atomic E-state index is 13.2. The summed E-state index contributed by atoms with van der Waals surface area (Å²) in [6, 6.07) is 21.2. The molecule has 2 heterocycles. The van der Waals surface area contributed by atoms with E-state index in [0.29, 0.717) is 24.0 Å². The standard InChI is InChI=1S/C24H23N3O2S/c28-23-21-10-4-5-11-22(21)27(18-19-8-2-1-3-9-19)24(29)26(23)16-6-7-17-30-20-12-14-25-15-13-20/h1-5,8-15H,6-7,16-18H2. The van der Waals surface area contributed by atoms with E-state index in [1.165, 1.54) is 9.46 Å². The molecule has 0 saturated heterocycles. The van der Waals surface area contributed by atoms with Crippen molar-refractivity contribution in [2.45, 2.75) is 30.8 Å². The van der Waals surface area contributed by atoms with Gasteiger partial charge in [-0.1, -0.05) is 42.5 Å². The number of thioether (sulfide) groups is 1. The summed E-state index contributed by atoms with van der Waals surface area (Å²) in [7, 11) is 0. The lowest BCUT2D eigenvalue weighted by molar-refractivity contribution is 0.560. The van der Waals surface area contributed by atoms with E-state index >= 15 is 0 Å². The molecule has 0 saturated carbocycles. The van der Waals surface area contributed by atoms with Crippen LogP contribution in [0.2, 0.25) is 0 Å². The number of rotatable bonds is 8. The van der Waals surface area contributed by atoms with Crippen LogP contribution in [0.4, 0.5) is 0 Å². The van der Waals surface area contributed by atoms with Gasteiger partial charge in [0, 0.05) is 23.8 Å². The zero-order valence-electron chi connectivity index (χ0n) is 16.6. The number of benzene rings is 2. The first-order valence-electron chi connectivity index (χ1n) is 10.0. The molecule has 0 aliphatic rings. The van der Waals surface area contributed by atoms with Crippen molar-refractivity contribution in [3.05, 3.63) is 106 Å². The Morgan fingerprint density at radius 3 is 2.33 bits per heavy atom. The van der Waals surface area contributed by atoms with Crippen LogP contribution in [0.5, 0.6) is 0 Å². The van der Waals surface area contributed by atoms with Crippen LogP contribution >= 0.6 is 11.8 Å². The summed E-state index contributed by atoms with van der Waals surface area (Å²) in [6.07, 6.45) is 5.26. The van der Waals surface area contributed by atoms with Gasteiger partial charge in [0.15, 0.2) is 0 Å². The second-order valence-corrected chi connectivity index (χ2v) is 8.24. The molecule has 6 heteroatoms. The summed E-state index contributed by atoms with van der Waals surface area (Å²) in [5.74, 6) is 0.935. The van der Waals surface area contributed by atoms with Crippen molar-refractivity contribution in [3.8, 4) is 0 Å². The van der Waals surface area contributed by atoms with Crippen LogP contribution in [0, 0.1) is 0 Å². The fourth-order valence-electron chi connectivity index (χ4n) is 3.48. The molecular formula is C24H23N3O2S. The fraction of sp³-hybridized carbons (Fsp3) is 0.208. The van der Waals surface area contributed by atoms with Crippen molar-refractivity contribution in [1.82, 2.24) is 14.1 Å². The summed E-state index contributed by atoms with van der Waals surface area (Å²) in [5.41, 5.74) is 1.26. The van der Waals surface area contributed by atoms with Gasteiger partial charge in [-0.3, -0.25) is 18.9 Å². The number of hydrogen-bond donors (Lipinski definition) is 0. The van der Waals surface area contributed by atoms with Crippen LogP contribution in [0.25, 0.3) is 10.9 Å². The Balaban J connectivity index is 1.55. The average molecular weight is 418 g/mol. The van der Waals surface area contributed by atoms with Crippen molar-refractivity contribution in [1.29, 1.82) is 0 Å². The topological polar surface area (TPSA) is 56.9 Å². The van der Waals surface area contributed by atoms with Crippen LogP contribution in [0.1, 0.15) is 18.4 Å². The molecule has 5 nitrogen and oxygen atoms in total. The average Bonchev–Trinajstić information content (AvgIpc) is 2.80. The first-order valence-corrected chi connectivity index (χ1v) is 11.0. The highest BCUT2D eigenvalue weighted by atomic mass is 32.2. The third-order valence-corrected chi connectivity index (χ3v) is 6.11. The minimum absolute atomic E-state index is 0.207. The van der Waals surface area contributed by atoms with Gasteiger partial charge in [-0.15, -0.1) is 11.8 Å². The molecule has 4 aromatic rings. The fourth-order valence-corrected chi connectivity index (χ4v) is 4.38. The van der Waals surface area contributed by atoms with E-state index in [1.54, 1.807) is 34.8 Å². The quantitative estimate of drug-likeness (QED) is 0.319. The lowest BCUT2D eigenvalue weighted by Crippen LogP contribution is -2.40. The Bertz CT molecular complexity index is 1230. The number of unbranched alkanes of at least 4 members (excludes halogenated alkanes) is 1. The molecule has 0 radical (unpaired) electrons. The van der Waals surface area contributed by atoms with E-state index in [2.05, 4.69) is 4.98 Å². The highest BCUT2D eigenvalue weighted by Crippen LogP contribution is 2.18. The monoisotopic (exact) mass is 417 g/mol. The molecule has 0 bridgehead atoms. The van der Waals surface area contributed by atoms with E-state index in [-0.39, 0.29) is 11.2 Å². The molecule has 2 aromatic carbocycles. The molecule has 2 aromatic heterocycles. The van der Waals surface area contributed by atoms with E-state index in [0.717, 1.165) is 24.2 Å². The predicted molar refractivity (Wildman–Crippen MR) is 122 cm³/mol. The Hall–Kier alpha value is -3.12. The lowest BCUT2D eigenvalue weighted by Gasteiger charge is -2.14. The van der Waals surface area contributed by atoms with E-state index < -0.39 is 0 Å². The summed E-state index contributed by atoms with van der Waals surface area (Å²) in [6.45, 7) is 0.868. The number of para-hydroxylation sites is 1. The third-order valence-electron chi connectivity index (χ3n) is 5.01. The number of pyridine rings is 1. The third kappa shape index (κ3) is 4.54. The molecule has 0 spiro atoms. The Kier molecular flexibility index (Phi) is 6.44. The van der Waals surface area contributed by atoms with Crippen LogP contribution in [-0.4, -0.2) is 19.9 Å². The zero-order valence-corrected chi connectivity index (χ0v) is 17.4. The van der Waals surface area contributed by atoms with Gasteiger partial charge < -0.3 is 0 Å². The smallest absolute Gasteiger partial charge is 0.289 e. The van der Waals surface area contributed by atoms with Crippen molar-refractivity contribution in [2.75, 3.05) is 5.75 Å². The maximum atomic E-state index is 13.2. The van der Waals surface area contributed by atoms with Crippen molar-refractivity contribution in [2.24, 2.45) is 0 Å². The van der Waals surface area contributed by atoms with Gasteiger partial charge in [0.05, 0.1) is 17.4 Å². The van der Waals surface area contributed by atoms with Crippen LogP contribution in [-0.2, 0) is 13.1 Å². The van der Waals surface area contributed by atoms with Gasteiger partial charge in [0.25, 0.3) is 5.56 Å². The molecule has 4 rings (SSSR count). The molecular weight excluding hydrogens is 394 g/mol. The molecule has 0 atom stereocenters. The SMILES string of the molecule is O=c1c2ccccc2n(Cc2ccccc2)c(=O)n1CCCCSc1ccncc1. The summed E-state index contributed by atoms with van der Waals surface area (Å²) < 4.78 is 3.10. The highest BCUT2D eigenvalue weighted by molar-refractivity contribution is 7.99. The van der Waals surface area contributed by atoms with E-state index in [9.17, 15) is 9.59 Å². The predicted octanol–water partition coefficient (Wildman–Crippen LogP) is 4.18. The summed E-state index contributed by atoms with van der Waals surface area (Å²) in [4.78, 5) is 31.4. The second kappa shape index (κ2) is 9.59. The lowest BCUT2D eigenvalue weighted by atomic mass is 10.2. The molecule has 0 fully saturated rings.